The van der Waals surface area contributed by atoms with Gasteiger partial charge in [0.05, 0.1) is 12.2 Å². The lowest BCUT2D eigenvalue weighted by Crippen LogP contribution is -2.40. The Labute approximate surface area is 138 Å². The van der Waals surface area contributed by atoms with Crippen molar-refractivity contribution in [2.45, 2.75) is 19.8 Å². The van der Waals surface area contributed by atoms with Gasteiger partial charge in [-0.15, -0.1) is 0 Å². The fraction of sp³-hybridized carbons (Fsp3) is 0.611. The van der Waals surface area contributed by atoms with Gasteiger partial charge in [0, 0.05) is 25.7 Å². The summed E-state index contributed by atoms with van der Waals surface area (Å²) in [6.45, 7) is 7.89. The van der Waals surface area contributed by atoms with E-state index in [0.717, 1.165) is 37.6 Å². The number of piperidine rings is 1. The maximum absolute atomic E-state index is 12.4. The van der Waals surface area contributed by atoms with Crippen LogP contribution in [-0.2, 0) is 0 Å². The second-order valence-corrected chi connectivity index (χ2v) is 6.56. The first-order valence-electron chi connectivity index (χ1n) is 8.66. The molecule has 5 nitrogen and oxygen atoms in total. The number of benzene rings is 1. The van der Waals surface area contributed by atoms with Gasteiger partial charge >= 0.3 is 0 Å². The van der Waals surface area contributed by atoms with E-state index < -0.39 is 0 Å². The lowest BCUT2D eigenvalue weighted by molar-refractivity contribution is 0.0933. The number of likely N-dealkylation sites (tertiary alicyclic amines) is 1. The average Bonchev–Trinajstić information content (AvgIpc) is 2.59. The first-order chi connectivity index (χ1) is 11.2. The van der Waals surface area contributed by atoms with Crippen LogP contribution in [0.4, 0.5) is 5.69 Å². The first-order valence-corrected chi connectivity index (χ1v) is 8.66. The lowest BCUT2D eigenvalue weighted by atomic mass is 9.98. The molecule has 1 unspecified atom stereocenters. The summed E-state index contributed by atoms with van der Waals surface area (Å²) in [6, 6.07) is 5.72. The van der Waals surface area contributed by atoms with E-state index in [1.807, 2.05) is 25.2 Å². The number of hydrogen-bond donors (Lipinski definition) is 1. The van der Waals surface area contributed by atoms with Gasteiger partial charge < -0.3 is 19.9 Å². The van der Waals surface area contributed by atoms with Crippen LogP contribution in [0, 0.1) is 5.92 Å². The summed E-state index contributed by atoms with van der Waals surface area (Å²) in [6.07, 6.45) is 2.43. The molecule has 1 aromatic rings. The molecule has 1 aromatic carbocycles. The van der Waals surface area contributed by atoms with Crippen LogP contribution < -0.4 is 15.0 Å². The number of rotatable bonds is 4. The van der Waals surface area contributed by atoms with Crippen LogP contribution in [0.2, 0.25) is 0 Å². The van der Waals surface area contributed by atoms with Crippen molar-refractivity contribution >= 4 is 11.6 Å². The van der Waals surface area contributed by atoms with Crippen LogP contribution in [0.5, 0.6) is 5.75 Å². The van der Waals surface area contributed by atoms with Crippen molar-refractivity contribution in [3.8, 4) is 5.75 Å². The molecule has 2 aliphatic heterocycles. The maximum Gasteiger partial charge on any atom is 0.251 e. The first kappa shape index (κ1) is 16.1. The third-order valence-corrected chi connectivity index (χ3v) is 4.92. The minimum absolute atomic E-state index is 0.00162. The predicted octanol–water partition coefficient (Wildman–Crippen LogP) is 1.98. The molecule has 0 spiro atoms. The van der Waals surface area contributed by atoms with E-state index in [-0.39, 0.29) is 5.91 Å². The summed E-state index contributed by atoms with van der Waals surface area (Å²) >= 11 is 0. The topological polar surface area (TPSA) is 44.8 Å². The molecule has 1 saturated heterocycles. The number of carbonyl (C=O) groups is 1. The highest BCUT2D eigenvalue weighted by atomic mass is 16.5. The Morgan fingerprint density at radius 2 is 2.26 bits per heavy atom. The number of likely N-dealkylation sites (N-methyl/N-ethyl adjacent to an activating group) is 1. The number of nitrogens with zero attached hydrogens (tertiary/aromatic N) is 2. The van der Waals surface area contributed by atoms with Gasteiger partial charge in [0.15, 0.2) is 0 Å². The third-order valence-electron chi connectivity index (χ3n) is 4.92. The number of carbonyl (C=O) groups excluding carboxylic acids is 1. The van der Waals surface area contributed by atoms with Crippen molar-refractivity contribution in [1.29, 1.82) is 0 Å². The van der Waals surface area contributed by atoms with E-state index in [2.05, 4.69) is 22.0 Å². The van der Waals surface area contributed by atoms with Gasteiger partial charge in [0.25, 0.3) is 5.91 Å². The molecule has 5 heteroatoms. The second-order valence-electron chi connectivity index (χ2n) is 6.56. The molecule has 0 aliphatic carbocycles. The summed E-state index contributed by atoms with van der Waals surface area (Å²) in [5, 5.41) is 3.10. The van der Waals surface area contributed by atoms with Crippen molar-refractivity contribution < 1.29 is 9.53 Å². The van der Waals surface area contributed by atoms with E-state index in [1.165, 1.54) is 19.4 Å². The average molecular weight is 317 g/mol. The van der Waals surface area contributed by atoms with Crippen LogP contribution in [0.1, 0.15) is 30.1 Å². The molecule has 0 bridgehead atoms. The standard InChI is InChI=1S/C18H27N3O2/c1-3-21-8-4-5-14(13-21)12-19-18(22)15-6-7-16-17(11-15)23-10-9-20(16)2/h6-7,11,14H,3-5,8-10,12-13H2,1-2H3,(H,19,22). The third kappa shape index (κ3) is 3.78. The number of nitrogens with one attached hydrogen (secondary N) is 1. The molecule has 2 heterocycles. The number of ether oxygens (including phenoxy) is 1. The molecule has 1 fully saturated rings. The molecule has 3 rings (SSSR count). The molecule has 126 valence electrons. The molecule has 1 atom stereocenters. The Kier molecular flexibility index (Phi) is 5.06. The zero-order chi connectivity index (χ0) is 16.2. The van der Waals surface area contributed by atoms with Crippen molar-refractivity contribution in [3.63, 3.8) is 0 Å². The number of anilines is 1. The Morgan fingerprint density at radius 3 is 3.09 bits per heavy atom. The molecule has 1 amide bonds. The summed E-state index contributed by atoms with van der Waals surface area (Å²) in [5.41, 5.74) is 1.74. The molecule has 23 heavy (non-hydrogen) atoms. The minimum atomic E-state index is -0.00162. The van der Waals surface area contributed by atoms with Crippen LogP contribution in [0.15, 0.2) is 18.2 Å². The van der Waals surface area contributed by atoms with Crippen LogP contribution in [0.25, 0.3) is 0 Å². The summed E-state index contributed by atoms with van der Waals surface area (Å²) < 4.78 is 5.68. The number of amides is 1. The van der Waals surface area contributed by atoms with Gasteiger partial charge in [-0.2, -0.15) is 0 Å². The Balaban J connectivity index is 1.58. The highest BCUT2D eigenvalue weighted by Crippen LogP contribution is 2.31. The minimum Gasteiger partial charge on any atom is -0.490 e. The van der Waals surface area contributed by atoms with E-state index in [4.69, 9.17) is 4.74 Å². The van der Waals surface area contributed by atoms with Crippen LogP contribution in [-0.4, -0.2) is 57.2 Å². The maximum atomic E-state index is 12.4. The SMILES string of the molecule is CCN1CCCC(CNC(=O)c2ccc3c(c2)OCCN3C)C1. The monoisotopic (exact) mass is 317 g/mol. The van der Waals surface area contributed by atoms with E-state index in [0.29, 0.717) is 18.1 Å². The van der Waals surface area contributed by atoms with Gasteiger partial charge in [-0.3, -0.25) is 4.79 Å². The molecular weight excluding hydrogens is 290 g/mol. The normalized spacial score (nSPS) is 21.5. The van der Waals surface area contributed by atoms with E-state index in [9.17, 15) is 4.79 Å². The van der Waals surface area contributed by atoms with Crippen LogP contribution in [0.3, 0.4) is 0 Å². The van der Waals surface area contributed by atoms with Crippen molar-refractivity contribution in [3.05, 3.63) is 23.8 Å². The molecule has 0 radical (unpaired) electrons. The van der Waals surface area contributed by atoms with Crippen LogP contribution >= 0.6 is 0 Å². The predicted molar refractivity (Wildman–Crippen MR) is 92.4 cm³/mol. The van der Waals surface area contributed by atoms with Crippen molar-refractivity contribution in [1.82, 2.24) is 10.2 Å². The Bertz CT molecular complexity index is 561. The van der Waals surface area contributed by atoms with Gasteiger partial charge in [-0.05, 0) is 50.0 Å². The van der Waals surface area contributed by atoms with Crippen molar-refractivity contribution in [2.75, 3.05) is 51.3 Å². The van der Waals surface area contributed by atoms with Gasteiger partial charge in [0.2, 0.25) is 0 Å². The Hall–Kier alpha value is -1.75. The second kappa shape index (κ2) is 7.21. The zero-order valence-electron chi connectivity index (χ0n) is 14.2. The summed E-state index contributed by atoms with van der Waals surface area (Å²) in [4.78, 5) is 17.0. The van der Waals surface area contributed by atoms with E-state index >= 15 is 0 Å². The molecule has 0 saturated carbocycles. The quantitative estimate of drug-likeness (QED) is 0.922. The highest BCUT2D eigenvalue weighted by Gasteiger charge is 2.20. The summed E-state index contributed by atoms with van der Waals surface area (Å²) in [7, 11) is 2.05. The summed E-state index contributed by atoms with van der Waals surface area (Å²) in [5.74, 6) is 1.37. The molecule has 2 aliphatic rings. The molecular formula is C18H27N3O2. The van der Waals surface area contributed by atoms with Gasteiger partial charge in [-0.25, -0.2) is 0 Å². The molecule has 1 N–H and O–H groups in total. The fourth-order valence-electron chi connectivity index (χ4n) is 3.44. The highest BCUT2D eigenvalue weighted by molar-refractivity contribution is 5.95. The fourth-order valence-corrected chi connectivity index (χ4v) is 3.44. The van der Waals surface area contributed by atoms with Gasteiger partial charge in [0.1, 0.15) is 12.4 Å². The lowest BCUT2D eigenvalue weighted by Gasteiger charge is -2.32. The molecule has 0 aromatic heterocycles. The van der Waals surface area contributed by atoms with Gasteiger partial charge in [-0.1, -0.05) is 6.92 Å². The zero-order valence-corrected chi connectivity index (χ0v) is 14.2. The smallest absolute Gasteiger partial charge is 0.251 e. The Morgan fingerprint density at radius 1 is 1.39 bits per heavy atom. The number of fused-ring (bicyclic) bond motifs is 1. The number of hydrogen-bond acceptors (Lipinski definition) is 4. The van der Waals surface area contributed by atoms with E-state index in [1.54, 1.807) is 0 Å². The largest absolute Gasteiger partial charge is 0.490 e. The van der Waals surface area contributed by atoms with Crippen molar-refractivity contribution in [2.24, 2.45) is 5.92 Å².